The maximum absolute atomic E-state index is 12.6. The monoisotopic (exact) mass is 422 g/mol. The van der Waals surface area contributed by atoms with E-state index in [1.165, 1.54) is 22.1 Å². The Labute approximate surface area is 175 Å². The fraction of sp³-hybridized carbons (Fsp3) is 0.143. The van der Waals surface area contributed by atoms with Gasteiger partial charge in [0.25, 0.3) is 11.5 Å². The molecule has 4 rings (SSSR count). The zero-order chi connectivity index (χ0) is 20.2. The van der Waals surface area contributed by atoms with Crippen molar-refractivity contribution in [1.29, 1.82) is 0 Å². The van der Waals surface area contributed by atoms with E-state index in [0.29, 0.717) is 23.7 Å². The first kappa shape index (κ1) is 19.2. The molecule has 0 aliphatic rings. The van der Waals surface area contributed by atoms with E-state index in [-0.39, 0.29) is 11.5 Å². The van der Waals surface area contributed by atoms with Gasteiger partial charge in [-0.3, -0.25) is 9.59 Å². The minimum absolute atomic E-state index is 0.185. The van der Waals surface area contributed by atoms with Crippen molar-refractivity contribution in [3.05, 3.63) is 80.9 Å². The Morgan fingerprint density at radius 3 is 2.69 bits per heavy atom. The maximum atomic E-state index is 12.6. The Balaban J connectivity index is 1.43. The molecule has 6 nitrogen and oxygen atoms in total. The van der Waals surface area contributed by atoms with Crippen LogP contribution in [0.1, 0.15) is 15.4 Å². The molecule has 0 unspecified atom stereocenters. The van der Waals surface area contributed by atoms with Crippen molar-refractivity contribution in [1.82, 2.24) is 20.1 Å². The molecule has 4 aromatic rings. The lowest BCUT2D eigenvalue weighted by Crippen LogP contribution is -2.31. The lowest BCUT2D eigenvalue weighted by atomic mass is 10.1. The first-order valence-electron chi connectivity index (χ1n) is 9.05. The topological polar surface area (TPSA) is 76.9 Å². The SMILES string of the molecule is Cc1nc(-c2cccs2)sc1C(=O)NCCn1nc(-c2ccccc2)ccc1=O. The molecule has 146 valence electrons. The number of amides is 1. The molecule has 1 amide bonds. The summed E-state index contributed by atoms with van der Waals surface area (Å²) in [7, 11) is 0. The van der Waals surface area contributed by atoms with Crippen molar-refractivity contribution in [2.24, 2.45) is 0 Å². The molecule has 0 aliphatic heterocycles. The number of aryl methyl sites for hydroxylation is 1. The van der Waals surface area contributed by atoms with E-state index in [0.717, 1.165) is 21.1 Å². The van der Waals surface area contributed by atoms with Gasteiger partial charge in [-0.25, -0.2) is 9.67 Å². The van der Waals surface area contributed by atoms with Crippen LogP contribution in [0.15, 0.2) is 64.8 Å². The van der Waals surface area contributed by atoms with Gasteiger partial charge in [-0.1, -0.05) is 36.4 Å². The Bertz CT molecular complexity index is 1180. The normalized spacial score (nSPS) is 10.8. The molecule has 0 fully saturated rings. The Kier molecular flexibility index (Phi) is 5.64. The number of carbonyl (C=O) groups excluding carboxylic acids is 1. The van der Waals surface area contributed by atoms with Crippen LogP contribution in [-0.4, -0.2) is 27.2 Å². The molecule has 1 N–H and O–H groups in total. The van der Waals surface area contributed by atoms with Gasteiger partial charge in [-0.05, 0) is 24.4 Å². The third kappa shape index (κ3) is 4.33. The van der Waals surface area contributed by atoms with E-state index in [2.05, 4.69) is 15.4 Å². The number of hydrogen-bond acceptors (Lipinski definition) is 6. The molecule has 0 aliphatic carbocycles. The van der Waals surface area contributed by atoms with Gasteiger partial charge in [-0.2, -0.15) is 5.10 Å². The molecular weight excluding hydrogens is 404 g/mol. The van der Waals surface area contributed by atoms with Crippen molar-refractivity contribution in [3.8, 4) is 21.1 Å². The summed E-state index contributed by atoms with van der Waals surface area (Å²) in [6.45, 7) is 2.43. The van der Waals surface area contributed by atoms with E-state index in [9.17, 15) is 9.59 Å². The molecule has 0 spiro atoms. The summed E-state index contributed by atoms with van der Waals surface area (Å²) in [5, 5.41) is 10.1. The lowest BCUT2D eigenvalue weighted by molar-refractivity contribution is 0.0955. The second-order valence-electron chi connectivity index (χ2n) is 6.31. The quantitative estimate of drug-likeness (QED) is 0.512. The van der Waals surface area contributed by atoms with Crippen LogP contribution in [0.5, 0.6) is 0 Å². The lowest BCUT2D eigenvalue weighted by Gasteiger charge is -2.08. The van der Waals surface area contributed by atoms with Crippen LogP contribution in [0.3, 0.4) is 0 Å². The molecular formula is C21H18N4O2S2. The smallest absolute Gasteiger partial charge is 0.266 e. The van der Waals surface area contributed by atoms with Gasteiger partial charge in [0.05, 0.1) is 22.8 Å². The Morgan fingerprint density at radius 1 is 1.10 bits per heavy atom. The summed E-state index contributed by atoms with van der Waals surface area (Å²) in [6.07, 6.45) is 0. The third-order valence-electron chi connectivity index (χ3n) is 4.28. The fourth-order valence-electron chi connectivity index (χ4n) is 2.84. The minimum Gasteiger partial charge on any atom is -0.349 e. The largest absolute Gasteiger partial charge is 0.349 e. The summed E-state index contributed by atoms with van der Waals surface area (Å²) in [4.78, 5) is 30.8. The average Bonchev–Trinajstić information content (AvgIpc) is 3.40. The number of thiazole rings is 1. The molecule has 29 heavy (non-hydrogen) atoms. The van der Waals surface area contributed by atoms with E-state index >= 15 is 0 Å². The van der Waals surface area contributed by atoms with E-state index < -0.39 is 0 Å². The molecule has 0 saturated heterocycles. The molecule has 0 atom stereocenters. The number of carbonyl (C=O) groups is 1. The summed E-state index contributed by atoms with van der Waals surface area (Å²) in [6, 6.07) is 16.8. The summed E-state index contributed by atoms with van der Waals surface area (Å²) < 4.78 is 1.37. The first-order chi connectivity index (χ1) is 14.1. The van der Waals surface area contributed by atoms with E-state index in [4.69, 9.17) is 0 Å². The minimum atomic E-state index is -0.201. The van der Waals surface area contributed by atoms with Crippen LogP contribution in [0.2, 0.25) is 0 Å². The average molecular weight is 423 g/mol. The van der Waals surface area contributed by atoms with Crippen LogP contribution >= 0.6 is 22.7 Å². The molecule has 3 aromatic heterocycles. The van der Waals surface area contributed by atoms with Gasteiger partial charge in [-0.15, -0.1) is 22.7 Å². The van der Waals surface area contributed by atoms with Crippen molar-refractivity contribution >= 4 is 28.6 Å². The van der Waals surface area contributed by atoms with E-state index in [1.54, 1.807) is 17.4 Å². The van der Waals surface area contributed by atoms with Gasteiger partial charge in [0.1, 0.15) is 9.88 Å². The second kappa shape index (κ2) is 8.50. The molecule has 3 heterocycles. The van der Waals surface area contributed by atoms with Crippen molar-refractivity contribution in [2.75, 3.05) is 6.54 Å². The predicted molar refractivity (Wildman–Crippen MR) is 116 cm³/mol. The molecule has 8 heteroatoms. The highest BCUT2D eigenvalue weighted by molar-refractivity contribution is 7.22. The van der Waals surface area contributed by atoms with Crippen LogP contribution < -0.4 is 10.9 Å². The van der Waals surface area contributed by atoms with Crippen molar-refractivity contribution in [2.45, 2.75) is 13.5 Å². The number of aromatic nitrogens is 3. The van der Waals surface area contributed by atoms with E-state index in [1.807, 2.05) is 54.8 Å². The Hall–Kier alpha value is -3.10. The summed E-state index contributed by atoms with van der Waals surface area (Å²) >= 11 is 2.97. The Morgan fingerprint density at radius 2 is 1.93 bits per heavy atom. The van der Waals surface area contributed by atoms with Gasteiger partial charge < -0.3 is 5.32 Å². The van der Waals surface area contributed by atoms with Gasteiger partial charge in [0.2, 0.25) is 0 Å². The highest BCUT2D eigenvalue weighted by Gasteiger charge is 2.16. The maximum Gasteiger partial charge on any atom is 0.266 e. The third-order valence-corrected chi connectivity index (χ3v) is 6.48. The van der Waals surface area contributed by atoms with Crippen LogP contribution in [0.25, 0.3) is 21.1 Å². The first-order valence-corrected chi connectivity index (χ1v) is 10.7. The van der Waals surface area contributed by atoms with Crippen molar-refractivity contribution < 1.29 is 4.79 Å². The van der Waals surface area contributed by atoms with Crippen LogP contribution in [-0.2, 0) is 6.54 Å². The van der Waals surface area contributed by atoms with Crippen LogP contribution in [0.4, 0.5) is 0 Å². The van der Waals surface area contributed by atoms with Gasteiger partial charge >= 0.3 is 0 Å². The molecule has 0 saturated carbocycles. The van der Waals surface area contributed by atoms with Gasteiger partial charge in [0.15, 0.2) is 0 Å². The fourth-order valence-corrected chi connectivity index (χ4v) is 4.62. The highest BCUT2D eigenvalue weighted by atomic mass is 32.1. The molecule has 0 radical (unpaired) electrons. The van der Waals surface area contributed by atoms with Crippen LogP contribution in [0, 0.1) is 6.92 Å². The summed E-state index contributed by atoms with van der Waals surface area (Å²) in [5.41, 5.74) is 2.16. The summed E-state index contributed by atoms with van der Waals surface area (Å²) in [5.74, 6) is -0.185. The highest BCUT2D eigenvalue weighted by Crippen LogP contribution is 2.30. The zero-order valence-corrected chi connectivity index (χ0v) is 17.3. The predicted octanol–water partition coefficient (Wildman–Crippen LogP) is 3.83. The number of nitrogens with zero attached hydrogens (tertiary/aromatic N) is 3. The zero-order valence-electron chi connectivity index (χ0n) is 15.7. The number of thiophene rings is 1. The molecule has 1 aromatic carbocycles. The second-order valence-corrected chi connectivity index (χ2v) is 8.26. The number of rotatable bonds is 6. The number of hydrogen-bond donors (Lipinski definition) is 1. The number of nitrogens with one attached hydrogen (secondary N) is 1. The standard InChI is InChI=1S/C21H18N4O2S2/c1-14-19(29-21(23-14)17-8-5-13-28-17)20(27)22-11-12-25-18(26)10-9-16(24-25)15-6-3-2-4-7-15/h2-10,13H,11-12H2,1H3,(H,22,27). The number of benzene rings is 1. The molecule has 0 bridgehead atoms. The van der Waals surface area contributed by atoms with Crippen molar-refractivity contribution in [3.63, 3.8) is 0 Å². The van der Waals surface area contributed by atoms with Gasteiger partial charge in [0, 0.05) is 18.2 Å².